The lowest BCUT2D eigenvalue weighted by atomic mass is 10.1. The van der Waals surface area contributed by atoms with E-state index in [1.165, 1.54) is 16.6 Å². The number of hydrogen-bond donors (Lipinski definition) is 2. The van der Waals surface area contributed by atoms with Crippen molar-refractivity contribution in [3.63, 3.8) is 0 Å². The zero-order valence-corrected chi connectivity index (χ0v) is 14.7. The summed E-state index contributed by atoms with van der Waals surface area (Å²) in [6, 6.07) is 11.0. The summed E-state index contributed by atoms with van der Waals surface area (Å²) in [6.45, 7) is 3.68. The van der Waals surface area contributed by atoms with Gasteiger partial charge in [-0.1, -0.05) is 23.4 Å². The summed E-state index contributed by atoms with van der Waals surface area (Å²) in [5.41, 5.74) is 2.55. The van der Waals surface area contributed by atoms with Crippen molar-refractivity contribution in [1.29, 1.82) is 0 Å². The van der Waals surface area contributed by atoms with Crippen LogP contribution in [-0.4, -0.2) is 25.7 Å². The molecule has 0 unspecified atom stereocenters. The molecule has 8 heteroatoms. The molecular formula is C19H16FN5O2. The van der Waals surface area contributed by atoms with Gasteiger partial charge in [-0.2, -0.15) is 0 Å². The maximum atomic E-state index is 13.1. The van der Waals surface area contributed by atoms with Gasteiger partial charge in [-0.15, -0.1) is 5.10 Å². The molecule has 0 radical (unpaired) electrons. The van der Waals surface area contributed by atoms with E-state index in [1.807, 2.05) is 25.1 Å². The number of amides is 1. The largest absolute Gasteiger partial charge is 0.344 e. The van der Waals surface area contributed by atoms with Crippen LogP contribution in [0.1, 0.15) is 34.6 Å². The van der Waals surface area contributed by atoms with Crippen LogP contribution in [0.25, 0.3) is 16.6 Å². The molecule has 2 N–H and O–H groups in total. The number of aromatic amines is 1. The molecule has 0 aliphatic carbocycles. The Balaban J connectivity index is 1.73. The van der Waals surface area contributed by atoms with E-state index in [-0.39, 0.29) is 17.0 Å². The first-order valence-corrected chi connectivity index (χ1v) is 8.38. The van der Waals surface area contributed by atoms with Gasteiger partial charge in [0.25, 0.3) is 11.5 Å². The van der Waals surface area contributed by atoms with E-state index in [4.69, 9.17) is 0 Å². The van der Waals surface area contributed by atoms with Gasteiger partial charge in [0.05, 0.1) is 17.1 Å². The van der Waals surface area contributed by atoms with Crippen LogP contribution in [-0.2, 0) is 0 Å². The Labute approximate surface area is 152 Å². The van der Waals surface area contributed by atoms with Crippen molar-refractivity contribution in [1.82, 2.24) is 25.1 Å². The second-order valence-corrected chi connectivity index (χ2v) is 6.42. The summed E-state index contributed by atoms with van der Waals surface area (Å²) in [5, 5.41) is 10.7. The van der Waals surface area contributed by atoms with Crippen LogP contribution in [0.3, 0.4) is 0 Å². The smallest absolute Gasteiger partial charge is 0.277 e. The number of fused-ring (bicyclic) bond motifs is 3. The van der Waals surface area contributed by atoms with Crippen molar-refractivity contribution in [3.8, 4) is 0 Å². The molecule has 0 spiro atoms. The molecule has 0 saturated heterocycles. The highest BCUT2D eigenvalue weighted by Crippen LogP contribution is 2.16. The molecule has 7 nitrogen and oxygen atoms in total. The number of aryl methyl sites for hydroxylation is 1. The van der Waals surface area contributed by atoms with Gasteiger partial charge in [0.2, 0.25) is 0 Å². The monoisotopic (exact) mass is 365 g/mol. The van der Waals surface area contributed by atoms with Crippen LogP contribution < -0.4 is 10.9 Å². The molecule has 0 saturated carbocycles. The van der Waals surface area contributed by atoms with Gasteiger partial charge in [0, 0.05) is 0 Å². The molecule has 0 fully saturated rings. The SMILES string of the molecule is Cc1ccc2c(c1)[nH]c(=O)c1c(C(=O)N[C@@H](C)c3ccc(F)cc3)nnn12. The van der Waals surface area contributed by atoms with Gasteiger partial charge >= 0.3 is 0 Å². The third-order valence-corrected chi connectivity index (χ3v) is 4.45. The number of H-pyrrole nitrogens is 1. The molecular weight excluding hydrogens is 349 g/mol. The van der Waals surface area contributed by atoms with Crippen molar-refractivity contribution in [2.45, 2.75) is 19.9 Å². The molecule has 27 heavy (non-hydrogen) atoms. The lowest BCUT2D eigenvalue weighted by Crippen LogP contribution is -2.28. The molecule has 0 bridgehead atoms. The first-order valence-electron chi connectivity index (χ1n) is 8.38. The minimum Gasteiger partial charge on any atom is -0.344 e. The molecule has 2 heterocycles. The lowest BCUT2D eigenvalue weighted by Gasteiger charge is -2.13. The Bertz CT molecular complexity index is 1230. The fraction of sp³-hybridized carbons (Fsp3) is 0.158. The molecule has 4 aromatic rings. The second-order valence-electron chi connectivity index (χ2n) is 6.42. The third-order valence-electron chi connectivity index (χ3n) is 4.45. The highest BCUT2D eigenvalue weighted by molar-refractivity contribution is 5.99. The molecule has 136 valence electrons. The van der Waals surface area contributed by atoms with E-state index in [0.717, 1.165) is 11.1 Å². The fourth-order valence-corrected chi connectivity index (χ4v) is 3.02. The van der Waals surface area contributed by atoms with Crippen molar-refractivity contribution in [2.75, 3.05) is 0 Å². The topological polar surface area (TPSA) is 92.1 Å². The number of rotatable bonds is 3. The third kappa shape index (κ3) is 2.95. The first kappa shape index (κ1) is 16.9. The quantitative estimate of drug-likeness (QED) is 0.583. The number of hydrogen-bond acceptors (Lipinski definition) is 4. The molecule has 1 atom stereocenters. The lowest BCUT2D eigenvalue weighted by molar-refractivity contribution is 0.0936. The maximum absolute atomic E-state index is 13.1. The Morgan fingerprint density at radius 3 is 2.70 bits per heavy atom. The Hall–Kier alpha value is -3.55. The van der Waals surface area contributed by atoms with Gasteiger partial charge in [0.15, 0.2) is 11.2 Å². The first-order chi connectivity index (χ1) is 12.9. The highest BCUT2D eigenvalue weighted by atomic mass is 19.1. The number of halogens is 1. The van der Waals surface area contributed by atoms with E-state index >= 15 is 0 Å². The predicted octanol–water partition coefficient (Wildman–Crippen LogP) is 2.51. The average molecular weight is 365 g/mol. The molecule has 2 aromatic carbocycles. The van der Waals surface area contributed by atoms with Crippen molar-refractivity contribution in [3.05, 3.63) is 75.5 Å². The van der Waals surface area contributed by atoms with E-state index in [9.17, 15) is 14.0 Å². The van der Waals surface area contributed by atoms with Crippen molar-refractivity contribution in [2.24, 2.45) is 0 Å². The number of nitrogens with one attached hydrogen (secondary N) is 2. The summed E-state index contributed by atoms with van der Waals surface area (Å²) in [7, 11) is 0. The summed E-state index contributed by atoms with van der Waals surface area (Å²) in [6.07, 6.45) is 0. The van der Waals surface area contributed by atoms with Crippen LogP contribution in [0.4, 0.5) is 4.39 Å². The van der Waals surface area contributed by atoms with Crippen LogP contribution >= 0.6 is 0 Å². The van der Waals surface area contributed by atoms with Crippen molar-refractivity contribution < 1.29 is 9.18 Å². The summed E-state index contributed by atoms with van der Waals surface area (Å²) in [5.74, 6) is -0.881. The highest BCUT2D eigenvalue weighted by Gasteiger charge is 2.21. The molecule has 0 aliphatic heterocycles. The number of aromatic nitrogens is 4. The van der Waals surface area contributed by atoms with E-state index in [2.05, 4.69) is 20.6 Å². The van der Waals surface area contributed by atoms with Gasteiger partial charge in [-0.05, 0) is 49.2 Å². The van der Waals surface area contributed by atoms with Gasteiger partial charge in [-0.3, -0.25) is 9.59 Å². The average Bonchev–Trinajstić information content (AvgIpc) is 3.08. The van der Waals surface area contributed by atoms with E-state index in [0.29, 0.717) is 11.0 Å². The summed E-state index contributed by atoms with van der Waals surface area (Å²) in [4.78, 5) is 27.9. The number of carbonyl (C=O) groups is 1. The number of carbonyl (C=O) groups excluding carboxylic acids is 1. The Kier molecular flexibility index (Phi) is 3.95. The van der Waals surface area contributed by atoms with Gasteiger partial charge in [0.1, 0.15) is 5.82 Å². The van der Waals surface area contributed by atoms with Gasteiger partial charge in [-0.25, -0.2) is 8.91 Å². The fourth-order valence-electron chi connectivity index (χ4n) is 3.02. The number of benzene rings is 2. The van der Waals surface area contributed by atoms with Crippen molar-refractivity contribution >= 4 is 22.5 Å². The minimum atomic E-state index is -0.529. The van der Waals surface area contributed by atoms with Crippen LogP contribution in [0, 0.1) is 12.7 Å². The molecule has 1 amide bonds. The van der Waals surface area contributed by atoms with Crippen LogP contribution in [0.2, 0.25) is 0 Å². The maximum Gasteiger partial charge on any atom is 0.277 e. The van der Waals surface area contributed by atoms with Crippen LogP contribution in [0.15, 0.2) is 47.3 Å². The molecule has 0 aliphatic rings. The Morgan fingerprint density at radius 2 is 1.96 bits per heavy atom. The summed E-state index contributed by atoms with van der Waals surface area (Å²) >= 11 is 0. The predicted molar refractivity (Wildman–Crippen MR) is 98.1 cm³/mol. The Morgan fingerprint density at radius 1 is 1.22 bits per heavy atom. The van der Waals surface area contributed by atoms with E-state index in [1.54, 1.807) is 19.1 Å². The molecule has 4 rings (SSSR count). The zero-order valence-electron chi connectivity index (χ0n) is 14.7. The zero-order chi connectivity index (χ0) is 19.1. The normalized spacial score (nSPS) is 12.4. The van der Waals surface area contributed by atoms with Crippen LogP contribution in [0.5, 0.6) is 0 Å². The second kappa shape index (κ2) is 6.31. The standard InChI is InChI=1S/C19H16FN5O2/c1-10-3-8-15-14(9-10)22-19(27)17-16(23-24-25(15)17)18(26)21-11(2)12-4-6-13(20)7-5-12/h3-9,11H,1-2H3,(H,21,26)(H,22,27)/t11-/m0/s1. The summed E-state index contributed by atoms with van der Waals surface area (Å²) < 4.78 is 14.4. The number of nitrogens with zero attached hydrogens (tertiary/aromatic N) is 3. The minimum absolute atomic E-state index is 0.0623. The molecule has 2 aromatic heterocycles. The van der Waals surface area contributed by atoms with Gasteiger partial charge < -0.3 is 10.3 Å². The van der Waals surface area contributed by atoms with E-state index < -0.39 is 17.5 Å².